The van der Waals surface area contributed by atoms with E-state index in [-0.39, 0.29) is 12.4 Å². The third kappa shape index (κ3) is 2.64. The van der Waals surface area contributed by atoms with Gasteiger partial charge in [-0.05, 0) is 35.7 Å². The second-order valence-electron chi connectivity index (χ2n) is 5.64. The molecule has 0 saturated carbocycles. The molecule has 7 heteroatoms. The van der Waals surface area contributed by atoms with Crippen molar-refractivity contribution in [3.05, 3.63) is 16.2 Å². The molecule has 3 aliphatic rings. The summed E-state index contributed by atoms with van der Waals surface area (Å²) in [5.41, 5.74) is 2.41. The number of nitrogens with zero attached hydrogens (tertiary/aromatic N) is 4. The molecule has 3 aliphatic heterocycles. The Kier molecular flexibility index (Phi) is 4.12. The highest BCUT2D eigenvalue weighted by molar-refractivity contribution is 9.10. The molecule has 0 atom stereocenters. The van der Waals surface area contributed by atoms with Crippen LogP contribution in [0.3, 0.4) is 0 Å². The summed E-state index contributed by atoms with van der Waals surface area (Å²) in [7, 11) is 0. The SMILES string of the molecule is Cc1nc2nc(N3CCN4CCC3CC4)oc2cc1Br.Cl. The summed E-state index contributed by atoms with van der Waals surface area (Å²) < 4.78 is 6.92. The summed E-state index contributed by atoms with van der Waals surface area (Å²) in [6, 6.07) is 3.26. The molecule has 3 saturated heterocycles. The topological polar surface area (TPSA) is 45.4 Å². The van der Waals surface area contributed by atoms with Crippen LogP contribution >= 0.6 is 28.3 Å². The van der Waals surface area contributed by atoms with Gasteiger partial charge in [0.15, 0.2) is 5.58 Å². The standard InChI is InChI=1S/C14H17BrN4O.ClH/c1-9-11(15)8-12-13(16-9)17-14(20-12)19-7-6-18-4-2-10(19)3-5-18;/h8,10H,2-7H2,1H3;1H. The maximum Gasteiger partial charge on any atom is 0.300 e. The number of oxazole rings is 1. The number of fused-ring (bicyclic) bond motifs is 5. The Morgan fingerprint density at radius 2 is 1.95 bits per heavy atom. The molecule has 5 heterocycles. The molecule has 0 N–H and O–H groups in total. The van der Waals surface area contributed by atoms with Crippen molar-refractivity contribution in [3.8, 4) is 0 Å². The Hall–Kier alpha value is -0.850. The molecule has 5 rings (SSSR count). The number of piperidine rings is 1. The molecule has 2 bridgehead atoms. The monoisotopic (exact) mass is 372 g/mol. The van der Waals surface area contributed by atoms with Crippen LogP contribution in [-0.4, -0.2) is 47.1 Å². The van der Waals surface area contributed by atoms with Crippen molar-refractivity contribution in [2.75, 3.05) is 31.1 Å². The second kappa shape index (κ2) is 5.74. The first-order valence-electron chi connectivity index (χ1n) is 7.13. The minimum atomic E-state index is 0. The molecule has 2 aromatic rings. The van der Waals surface area contributed by atoms with E-state index in [1.807, 2.05) is 13.0 Å². The van der Waals surface area contributed by atoms with E-state index in [9.17, 15) is 0 Å². The van der Waals surface area contributed by atoms with Crippen LogP contribution in [0, 0.1) is 6.92 Å². The van der Waals surface area contributed by atoms with Crippen molar-refractivity contribution in [3.63, 3.8) is 0 Å². The Balaban J connectivity index is 0.00000132. The fourth-order valence-corrected chi connectivity index (χ4v) is 3.48. The summed E-state index contributed by atoms with van der Waals surface area (Å²) >= 11 is 3.50. The zero-order valence-electron chi connectivity index (χ0n) is 11.9. The summed E-state index contributed by atoms with van der Waals surface area (Å²) in [6.45, 7) is 6.47. The minimum absolute atomic E-state index is 0. The van der Waals surface area contributed by atoms with Gasteiger partial charge in [-0.15, -0.1) is 12.4 Å². The van der Waals surface area contributed by atoms with E-state index in [2.05, 4.69) is 35.7 Å². The Labute approximate surface area is 138 Å². The van der Waals surface area contributed by atoms with Crippen molar-refractivity contribution in [1.29, 1.82) is 0 Å². The van der Waals surface area contributed by atoms with Crippen LogP contribution in [0.25, 0.3) is 11.2 Å². The lowest BCUT2D eigenvalue weighted by molar-refractivity contribution is 0.249. The molecule has 3 fully saturated rings. The first kappa shape index (κ1) is 15.1. The van der Waals surface area contributed by atoms with E-state index < -0.39 is 0 Å². The molecule has 114 valence electrons. The summed E-state index contributed by atoms with van der Waals surface area (Å²) in [5, 5.41) is 0. The van der Waals surface area contributed by atoms with Gasteiger partial charge in [-0.25, -0.2) is 4.98 Å². The number of halogens is 2. The summed E-state index contributed by atoms with van der Waals surface area (Å²) in [6.07, 6.45) is 2.41. The highest BCUT2D eigenvalue weighted by Crippen LogP contribution is 2.30. The first-order valence-corrected chi connectivity index (χ1v) is 7.93. The van der Waals surface area contributed by atoms with E-state index in [0.717, 1.165) is 34.9 Å². The molecule has 0 aliphatic carbocycles. The molecule has 0 aromatic carbocycles. The van der Waals surface area contributed by atoms with Gasteiger partial charge in [0.25, 0.3) is 6.01 Å². The van der Waals surface area contributed by atoms with Crippen molar-refractivity contribution >= 4 is 45.6 Å². The normalized spacial score (nSPS) is 25.0. The van der Waals surface area contributed by atoms with Crippen LogP contribution in [0.4, 0.5) is 6.01 Å². The molecule has 5 nitrogen and oxygen atoms in total. The first-order chi connectivity index (χ1) is 9.70. The fourth-order valence-electron chi connectivity index (χ4n) is 3.18. The van der Waals surface area contributed by atoms with Gasteiger partial charge < -0.3 is 14.2 Å². The van der Waals surface area contributed by atoms with Gasteiger partial charge in [-0.2, -0.15) is 4.98 Å². The van der Waals surface area contributed by atoms with E-state index in [4.69, 9.17) is 4.42 Å². The van der Waals surface area contributed by atoms with E-state index in [1.54, 1.807) is 0 Å². The lowest BCUT2D eigenvalue weighted by Gasteiger charge is -2.30. The van der Waals surface area contributed by atoms with Crippen molar-refractivity contribution in [1.82, 2.24) is 14.9 Å². The third-order valence-electron chi connectivity index (χ3n) is 4.40. The highest BCUT2D eigenvalue weighted by Gasteiger charge is 2.31. The van der Waals surface area contributed by atoms with E-state index in [0.29, 0.717) is 11.7 Å². The van der Waals surface area contributed by atoms with Crippen LogP contribution in [0.2, 0.25) is 0 Å². The maximum absolute atomic E-state index is 5.95. The largest absolute Gasteiger partial charge is 0.422 e. The molecule has 21 heavy (non-hydrogen) atoms. The third-order valence-corrected chi connectivity index (χ3v) is 5.20. The van der Waals surface area contributed by atoms with Crippen LogP contribution in [0.15, 0.2) is 15.0 Å². The lowest BCUT2D eigenvalue weighted by Crippen LogP contribution is -2.38. The zero-order chi connectivity index (χ0) is 13.7. The second-order valence-corrected chi connectivity index (χ2v) is 6.49. The number of hydrogen-bond donors (Lipinski definition) is 0. The Morgan fingerprint density at radius 3 is 2.71 bits per heavy atom. The molecule has 0 radical (unpaired) electrons. The molecule has 2 aromatic heterocycles. The lowest BCUT2D eigenvalue weighted by atomic mass is 10.1. The van der Waals surface area contributed by atoms with Gasteiger partial charge in [-0.3, -0.25) is 0 Å². The average molecular weight is 374 g/mol. The number of hydrogen-bond acceptors (Lipinski definition) is 5. The summed E-state index contributed by atoms with van der Waals surface area (Å²) in [4.78, 5) is 13.9. The summed E-state index contributed by atoms with van der Waals surface area (Å²) in [5.74, 6) is 0. The number of aryl methyl sites for hydroxylation is 1. The smallest absolute Gasteiger partial charge is 0.300 e. The quantitative estimate of drug-likeness (QED) is 0.769. The van der Waals surface area contributed by atoms with Gasteiger partial charge in [0, 0.05) is 42.8 Å². The molecule has 0 unspecified atom stereocenters. The van der Waals surface area contributed by atoms with Crippen LogP contribution in [-0.2, 0) is 0 Å². The minimum Gasteiger partial charge on any atom is -0.422 e. The predicted molar refractivity (Wildman–Crippen MR) is 88.3 cm³/mol. The average Bonchev–Trinajstić information content (AvgIpc) is 2.63. The fraction of sp³-hybridized carbons (Fsp3) is 0.571. The van der Waals surface area contributed by atoms with Crippen LogP contribution in [0.1, 0.15) is 18.5 Å². The van der Waals surface area contributed by atoms with Gasteiger partial charge in [0.1, 0.15) is 0 Å². The number of rotatable bonds is 1. The highest BCUT2D eigenvalue weighted by atomic mass is 79.9. The predicted octanol–water partition coefficient (Wildman–Crippen LogP) is 3.00. The maximum atomic E-state index is 5.95. The van der Waals surface area contributed by atoms with E-state index in [1.165, 1.54) is 25.9 Å². The number of aromatic nitrogens is 2. The van der Waals surface area contributed by atoms with Gasteiger partial charge in [0.2, 0.25) is 5.65 Å². The van der Waals surface area contributed by atoms with Gasteiger partial charge >= 0.3 is 0 Å². The van der Waals surface area contributed by atoms with Gasteiger partial charge in [0.05, 0.1) is 5.69 Å². The van der Waals surface area contributed by atoms with Crippen molar-refractivity contribution in [2.24, 2.45) is 0 Å². The number of pyridine rings is 1. The molecule has 0 amide bonds. The van der Waals surface area contributed by atoms with Crippen LogP contribution < -0.4 is 4.90 Å². The van der Waals surface area contributed by atoms with Crippen molar-refractivity contribution < 1.29 is 4.42 Å². The van der Waals surface area contributed by atoms with E-state index >= 15 is 0 Å². The number of anilines is 1. The Morgan fingerprint density at radius 1 is 1.19 bits per heavy atom. The Bertz CT molecular complexity index is 615. The van der Waals surface area contributed by atoms with Crippen molar-refractivity contribution in [2.45, 2.75) is 25.8 Å². The van der Waals surface area contributed by atoms with Crippen LogP contribution in [0.5, 0.6) is 0 Å². The molecule has 0 spiro atoms. The van der Waals surface area contributed by atoms with Gasteiger partial charge in [-0.1, -0.05) is 0 Å². The molecular weight excluding hydrogens is 356 g/mol. The molecular formula is C14H18BrClN4O. The zero-order valence-corrected chi connectivity index (χ0v) is 14.3.